The average molecular weight is 428 g/mol. The molecule has 0 N–H and O–H groups in total. The van der Waals surface area contributed by atoms with Gasteiger partial charge in [0.2, 0.25) is 0 Å². The van der Waals surface area contributed by atoms with Gasteiger partial charge in [-0.05, 0) is 48.4 Å². The van der Waals surface area contributed by atoms with Crippen LogP contribution in [0.25, 0.3) is 21.8 Å². The zero-order chi connectivity index (χ0) is 22.2. The molecule has 1 fully saturated rings. The van der Waals surface area contributed by atoms with Gasteiger partial charge >= 0.3 is 0 Å². The number of aromatic nitrogens is 3. The lowest BCUT2D eigenvalue weighted by Crippen LogP contribution is -2.33. The third kappa shape index (κ3) is 3.66. The molecule has 0 spiro atoms. The average Bonchev–Trinajstić information content (AvgIpc) is 2.81. The van der Waals surface area contributed by atoms with Gasteiger partial charge in [-0.2, -0.15) is 0 Å². The minimum atomic E-state index is -0.0951. The van der Waals surface area contributed by atoms with Gasteiger partial charge in [0.15, 0.2) is 0 Å². The Hall–Kier alpha value is -3.21. The summed E-state index contributed by atoms with van der Waals surface area (Å²) in [5.74, 6) is 1.05. The second kappa shape index (κ2) is 8.38. The zero-order valence-corrected chi connectivity index (χ0v) is 18.7. The third-order valence-electron chi connectivity index (χ3n) is 7.35. The lowest BCUT2D eigenvalue weighted by Gasteiger charge is -2.35. The van der Waals surface area contributed by atoms with Crippen molar-refractivity contribution in [1.29, 1.82) is 0 Å². The Morgan fingerprint density at radius 2 is 1.62 bits per heavy atom. The highest BCUT2D eigenvalue weighted by molar-refractivity contribution is 5.91. The van der Waals surface area contributed by atoms with Crippen LogP contribution < -0.4 is 11.1 Å². The van der Waals surface area contributed by atoms with Crippen molar-refractivity contribution in [3.8, 4) is 0 Å². The maximum absolute atomic E-state index is 13.4. The molecule has 0 bridgehead atoms. The van der Waals surface area contributed by atoms with E-state index in [4.69, 9.17) is 0 Å². The molecule has 1 aliphatic carbocycles. The first-order valence-corrected chi connectivity index (χ1v) is 11.6. The Labute approximate surface area is 187 Å². The molecular weight excluding hydrogens is 398 g/mol. The monoisotopic (exact) mass is 427 g/mol. The Balaban J connectivity index is 1.56. The maximum Gasteiger partial charge on any atom is 0.260 e. The van der Waals surface area contributed by atoms with Crippen molar-refractivity contribution < 1.29 is 0 Å². The van der Waals surface area contributed by atoms with Crippen LogP contribution in [0.3, 0.4) is 0 Å². The highest BCUT2D eigenvalue weighted by atomic mass is 16.1. The predicted octanol–water partition coefficient (Wildman–Crippen LogP) is 4.95. The quantitative estimate of drug-likeness (QED) is 0.433. The van der Waals surface area contributed by atoms with E-state index in [0.717, 1.165) is 19.3 Å². The number of aryl methyl sites for hydroxylation is 2. The van der Waals surface area contributed by atoms with Crippen LogP contribution in [0.5, 0.6) is 0 Å². The maximum atomic E-state index is 13.4. The molecule has 0 radical (unpaired) electrons. The number of hydrogen-bond acceptors (Lipinski definition) is 3. The first-order chi connectivity index (χ1) is 15.5. The molecule has 0 aliphatic heterocycles. The van der Waals surface area contributed by atoms with Gasteiger partial charge in [-0.3, -0.25) is 9.59 Å². The molecule has 164 valence electrons. The molecule has 0 saturated heterocycles. The second-order valence-corrected chi connectivity index (χ2v) is 9.27. The van der Waals surface area contributed by atoms with E-state index in [1.165, 1.54) is 12.0 Å². The molecule has 0 amide bonds. The fourth-order valence-electron chi connectivity index (χ4n) is 5.16. The summed E-state index contributed by atoms with van der Waals surface area (Å²) in [5.41, 5.74) is 2.34. The Kier molecular flexibility index (Phi) is 5.41. The van der Waals surface area contributed by atoms with Crippen LogP contribution in [0.1, 0.15) is 44.7 Å². The van der Waals surface area contributed by atoms with E-state index in [-0.39, 0.29) is 17.2 Å². The van der Waals surface area contributed by atoms with Crippen LogP contribution in [0.15, 0.2) is 70.5 Å². The predicted molar refractivity (Wildman–Crippen MR) is 129 cm³/mol. The van der Waals surface area contributed by atoms with Gasteiger partial charge in [-0.1, -0.05) is 57.0 Å². The third-order valence-corrected chi connectivity index (χ3v) is 7.35. The molecule has 0 unspecified atom stereocenters. The van der Waals surface area contributed by atoms with Crippen LogP contribution in [0.4, 0.5) is 0 Å². The largest absolute Gasteiger partial charge is 0.315 e. The molecule has 3 heterocycles. The van der Waals surface area contributed by atoms with E-state index >= 15 is 0 Å². The van der Waals surface area contributed by atoms with E-state index in [0.29, 0.717) is 40.2 Å². The van der Waals surface area contributed by atoms with Gasteiger partial charge in [0.25, 0.3) is 11.1 Å². The lowest BCUT2D eigenvalue weighted by atomic mass is 9.78. The molecular formula is C27H29N3O2. The van der Waals surface area contributed by atoms with Crippen LogP contribution >= 0.6 is 0 Å². The van der Waals surface area contributed by atoms with Crippen molar-refractivity contribution in [2.75, 3.05) is 0 Å². The standard InChI is InChI=1S/C27H29N3O2/c1-18-7-6-10-25(19(18)2)30-16-13-24-22(27(30)32)17-21-23(28-24)12-15-29(26(21)31)14-11-20-8-4-3-5-9-20/h3-5,8-9,12-13,15-19,25H,6-7,10-11,14H2,1-2H3/t18-,19-,25-/m1/s1. The summed E-state index contributed by atoms with van der Waals surface area (Å²) in [6.07, 6.45) is 7.85. The fraction of sp³-hybridized carbons (Fsp3) is 0.370. The van der Waals surface area contributed by atoms with Crippen molar-refractivity contribution in [2.24, 2.45) is 11.8 Å². The number of nitrogens with zero attached hydrogens (tertiary/aromatic N) is 3. The molecule has 1 aliphatic rings. The minimum Gasteiger partial charge on any atom is -0.315 e. The lowest BCUT2D eigenvalue weighted by molar-refractivity contribution is 0.183. The summed E-state index contributed by atoms with van der Waals surface area (Å²) >= 11 is 0. The molecule has 5 rings (SSSR count). The summed E-state index contributed by atoms with van der Waals surface area (Å²) in [7, 11) is 0. The fourth-order valence-corrected chi connectivity index (χ4v) is 5.16. The SMILES string of the molecule is C[C@@H]1[C@H](C)CCC[C@H]1n1ccc2nc3ccn(CCc4ccccc4)c(=O)c3cc2c1=O. The highest BCUT2D eigenvalue weighted by Crippen LogP contribution is 2.37. The van der Waals surface area contributed by atoms with Gasteiger partial charge in [-0.25, -0.2) is 4.98 Å². The zero-order valence-electron chi connectivity index (χ0n) is 18.7. The van der Waals surface area contributed by atoms with E-state index in [9.17, 15) is 9.59 Å². The topological polar surface area (TPSA) is 56.9 Å². The van der Waals surface area contributed by atoms with Crippen molar-refractivity contribution in [3.63, 3.8) is 0 Å². The van der Waals surface area contributed by atoms with Crippen LogP contribution in [-0.2, 0) is 13.0 Å². The van der Waals surface area contributed by atoms with Gasteiger partial charge in [0.1, 0.15) is 0 Å². The number of rotatable bonds is 4. The number of pyridine rings is 3. The van der Waals surface area contributed by atoms with Crippen molar-refractivity contribution in [1.82, 2.24) is 14.1 Å². The first-order valence-electron chi connectivity index (χ1n) is 11.6. The molecule has 4 aromatic rings. The Morgan fingerprint density at radius 1 is 0.906 bits per heavy atom. The Morgan fingerprint density at radius 3 is 2.41 bits per heavy atom. The van der Waals surface area contributed by atoms with Crippen molar-refractivity contribution in [2.45, 2.75) is 52.1 Å². The van der Waals surface area contributed by atoms with Crippen molar-refractivity contribution >= 4 is 21.8 Å². The summed E-state index contributed by atoms with van der Waals surface area (Å²) in [4.78, 5) is 31.3. The summed E-state index contributed by atoms with van der Waals surface area (Å²) in [5, 5.41) is 1.04. The molecule has 3 atom stereocenters. The van der Waals surface area contributed by atoms with Crippen LogP contribution in [0, 0.1) is 11.8 Å². The molecule has 5 nitrogen and oxygen atoms in total. The van der Waals surface area contributed by atoms with Gasteiger partial charge in [0, 0.05) is 25.0 Å². The number of fused-ring (bicyclic) bond motifs is 2. The molecule has 32 heavy (non-hydrogen) atoms. The van der Waals surface area contributed by atoms with Crippen molar-refractivity contribution in [3.05, 3.63) is 87.2 Å². The van der Waals surface area contributed by atoms with Crippen LogP contribution in [-0.4, -0.2) is 14.1 Å². The van der Waals surface area contributed by atoms with E-state index in [1.54, 1.807) is 16.8 Å². The van der Waals surface area contributed by atoms with Gasteiger partial charge in [-0.15, -0.1) is 0 Å². The van der Waals surface area contributed by atoms with E-state index < -0.39 is 0 Å². The van der Waals surface area contributed by atoms with Gasteiger partial charge < -0.3 is 9.13 Å². The van der Waals surface area contributed by atoms with E-state index in [1.807, 2.05) is 41.1 Å². The Bertz CT molecular complexity index is 1390. The smallest absolute Gasteiger partial charge is 0.260 e. The van der Waals surface area contributed by atoms with Crippen LogP contribution in [0.2, 0.25) is 0 Å². The molecule has 1 saturated carbocycles. The summed E-state index contributed by atoms with van der Waals surface area (Å²) < 4.78 is 3.60. The number of benzene rings is 1. The van der Waals surface area contributed by atoms with E-state index in [2.05, 4.69) is 31.0 Å². The summed E-state index contributed by atoms with van der Waals surface area (Å²) in [6.45, 7) is 5.11. The van der Waals surface area contributed by atoms with Gasteiger partial charge in [0.05, 0.1) is 21.8 Å². The second-order valence-electron chi connectivity index (χ2n) is 9.27. The first kappa shape index (κ1) is 20.7. The normalized spacial score (nSPS) is 21.2. The molecule has 5 heteroatoms. The summed E-state index contributed by atoms with van der Waals surface area (Å²) in [6, 6.07) is 15.9. The molecule has 1 aromatic carbocycles. The minimum absolute atomic E-state index is 0.0399. The highest BCUT2D eigenvalue weighted by Gasteiger charge is 2.29. The molecule has 3 aromatic heterocycles. The number of hydrogen-bond donors (Lipinski definition) is 0.